The molecule has 1 aromatic carbocycles. The second kappa shape index (κ2) is 3.50. The lowest BCUT2D eigenvalue weighted by molar-refractivity contribution is -0.0892. The van der Waals surface area contributed by atoms with Crippen LogP contribution in [-0.4, -0.2) is 11.2 Å². The topological polar surface area (TPSA) is 44.0 Å². The van der Waals surface area contributed by atoms with Crippen LogP contribution in [0, 0.1) is 11.3 Å². The molecule has 0 bridgehead atoms. The molecule has 4 heteroatoms. The molecule has 0 aliphatic carbocycles. The number of aliphatic hydroxyl groups excluding tert-OH is 1. The molecule has 0 saturated heterocycles. The van der Waals surface area contributed by atoms with Gasteiger partial charge in [-0.1, -0.05) is 30.3 Å². The maximum absolute atomic E-state index is 13.1. The van der Waals surface area contributed by atoms with Crippen LogP contribution in [-0.2, 0) is 5.92 Å². The smallest absolute Gasteiger partial charge is 0.311 e. The summed E-state index contributed by atoms with van der Waals surface area (Å²) in [6.45, 7) is 0. The molecule has 0 spiro atoms. The summed E-state index contributed by atoms with van der Waals surface area (Å²) >= 11 is 0. The third kappa shape index (κ3) is 1.82. The molecule has 1 N–H and O–H groups in total. The highest BCUT2D eigenvalue weighted by molar-refractivity contribution is 5.23. The van der Waals surface area contributed by atoms with Crippen molar-refractivity contribution in [3.8, 4) is 6.07 Å². The summed E-state index contributed by atoms with van der Waals surface area (Å²) in [5, 5.41) is 16.9. The molecule has 0 aromatic heterocycles. The van der Waals surface area contributed by atoms with Gasteiger partial charge in [-0.15, -0.1) is 0 Å². The molecule has 1 rings (SSSR count). The summed E-state index contributed by atoms with van der Waals surface area (Å²) in [7, 11) is 0. The zero-order chi connectivity index (χ0) is 9.90. The lowest BCUT2D eigenvalue weighted by atomic mass is 10.0. The van der Waals surface area contributed by atoms with Crippen molar-refractivity contribution < 1.29 is 13.9 Å². The van der Waals surface area contributed by atoms with Crippen LogP contribution in [0.3, 0.4) is 0 Å². The number of benzene rings is 1. The van der Waals surface area contributed by atoms with Crippen molar-refractivity contribution in [1.82, 2.24) is 0 Å². The quantitative estimate of drug-likeness (QED) is 0.708. The van der Waals surface area contributed by atoms with E-state index in [0.29, 0.717) is 0 Å². The number of hydrogen-bond donors (Lipinski definition) is 1. The number of hydrogen-bond acceptors (Lipinski definition) is 2. The van der Waals surface area contributed by atoms with Crippen molar-refractivity contribution in [2.45, 2.75) is 12.0 Å². The lowest BCUT2D eigenvalue weighted by Gasteiger charge is -2.17. The van der Waals surface area contributed by atoms with E-state index < -0.39 is 12.0 Å². The Balaban J connectivity index is 3.02. The molecular formula is C9H7F2NO. The van der Waals surface area contributed by atoms with Crippen molar-refractivity contribution in [3.05, 3.63) is 35.9 Å². The first-order valence-corrected chi connectivity index (χ1v) is 3.60. The monoisotopic (exact) mass is 183 g/mol. The van der Waals surface area contributed by atoms with Crippen LogP contribution < -0.4 is 0 Å². The fourth-order valence-corrected chi connectivity index (χ4v) is 0.899. The summed E-state index contributed by atoms with van der Waals surface area (Å²) in [5.74, 6) is -3.50. The summed E-state index contributed by atoms with van der Waals surface area (Å²) < 4.78 is 26.2. The Labute approximate surface area is 74.0 Å². The van der Waals surface area contributed by atoms with Crippen molar-refractivity contribution in [2.75, 3.05) is 0 Å². The SMILES string of the molecule is N#CC(O)C(F)(F)c1ccccc1. The number of aliphatic hydroxyl groups is 1. The van der Waals surface area contributed by atoms with Gasteiger partial charge in [0.2, 0.25) is 6.10 Å². The van der Waals surface area contributed by atoms with E-state index in [1.54, 1.807) is 6.07 Å². The van der Waals surface area contributed by atoms with Crippen LogP contribution in [0.2, 0.25) is 0 Å². The van der Waals surface area contributed by atoms with E-state index in [9.17, 15) is 8.78 Å². The predicted octanol–water partition coefficient (Wildman–Crippen LogP) is 1.66. The van der Waals surface area contributed by atoms with Crippen molar-refractivity contribution in [1.29, 1.82) is 5.26 Å². The maximum atomic E-state index is 13.1. The maximum Gasteiger partial charge on any atom is 0.311 e. The average Bonchev–Trinajstić information content (AvgIpc) is 2.18. The molecule has 13 heavy (non-hydrogen) atoms. The van der Waals surface area contributed by atoms with Gasteiger partial charge in [-0.25, -0.2) is 0 Å². The van der Waals surface area contributed by atoms with Gasteiger partial charge in [-0.3, -0.25) is 0 Å². The standard InChI is InChI=1S/C9H7F2NO/c10-9(11,8(13)6-12)7-4-2-1-3-5-7/h1-5,8,13H. The molecule has 0 aliphatic rings. The van der Waals surface area contributed by atoms with Gasteiger partial charge >= 0.3 is 5.92 Å². The van der Waals surface area contributed by atoms with E-state index in [-0.39, 0.29) is 5.56 Å². The van der Waals surface area contributed by atoms with Crippen LogP contribution in [0.15, 0.2) is 30.3 Å². The number of nitriles is 1. The molecule has 1 atom stereocenters. The third-order valence-corrected chi connectivity index (χ3v) is 1.62. The molecule has 0 amide bonds. The molecule has 0 radical (unpaired) electrons. The van der Waals surface area contributed by atoms with E-state index in [1.807, 2.05) is 0 Å². The zero-order valence-corrected chi connectivity index (χ0v) is 6.61. The van der Waals surface area contributed by atoms with E-state index in [0.717, 1.165) is 6.07 Å². The van der Waals surface area contributed by atoms with E-state index in [1.165, 1.54) is 24.3 Å². The second-order valence-corrected chi connectivity index (χ2v) is 2.52. The summed E-state index contributed by atoms with van der Waals surface area (Å²) in [4.78, 5) is 0. The van der Waals surface area contributed by atoms with Gasteiger partial charge in [0.25, 0.3) is 0 Å². The molecule has 0 heterocycles. The first kappa shape index (κ1) is 9.62. The van der Waals surface area contributed by atoms with Gasteiger partial charge in [0.05, 0.1) is 0 Å². The first-order valence-electron chi connectivity index (χ1n) is 3.60. The molecule has 0 saturated carbocycles. The highest BCUT2D eigenvalue weighted by Crippen LogP contribution is 2.30. The Morgan fingerprint density at radius 1 is 1.31 bits per heavy atom. The summed E-state index contributed by atoms with van der Waals surface area (Å²) in [6, 6.07) is 7.87. The van der Waals surface area contributed by atoms with Gasteiger partial charge < -0.3 is 5.11 Å². The summed E-state index contributed by atoms with van der Waals surface area (Å²) in [6.07, 6.45) is -2.30. The van der Waals surface area contributed by atoms with Crippen LogP contribution >= 0.6 is 0 Å². The highest BCUT2D eigenvalue weighted by Gasteiger charge is 2.40. The van der Waals surface area contributed by atoms with E-state index in [4.69, 9.17) is 10.4 Å². The van der Waals surface area contributed by atoms with Crippen LogP contribution in [0.1, 0.15) is 5.56 Å². The van der Waals surface area contributed by atoms with Crippen LogP contribution in [0.25, 0.3) is 0 Å². The zero-order valence-electron chi connectivity index (χ0n) is 6.61. The molecular weight excluding hydrogens is 176 g/mol. The molecule has 1 unspecified atom stereocenters. The van der Waals surface area contributed by atoms with Gasteiger partial charge in [-0.2, -0.15) is 14.0 Å². The Kier molecular flexibility index (Phi) is 2.59. The first-order chi connectivity index (χ1) is 6.09. The fraction of sp³-hybridized carbons (Fsp3) is 0.222. The minimum Gasteiger partial charge on any atom is -0.373 e. The van der Waals surface area contributed by atoms with Gasteiger partial charge in [0.1, 0.15) is 6.07 Å². The van der Waals surface area contributed by atoms with Crippen molar-refractivity contribution in [3.63, 3.8) is 0 Å². The number of halogens is 2. The lowest BCUT2D eigenvalue weighted by Crippen LogP contribution is -2.29. The van der Waals surface area contributed by atoms with Crippen molar-refractivity contribution in [2.24, 2.45) is 0 Å². The molecule has 1 aromatic rings. The fourth-order valence-electron chi connectivity index (χ4n) is 0.899. The number of rotatable bonds is 2. The highest BCUT2D eigenvalue weighted by atomic mass is 19.3. The van der Waals surface area contributed by atoms with Gasteiger partial charge in [0.15, 0.2) is 0 Å². The number of alkyl halides is 2. The minimum atomic E-state index is -3.50. The Bertz CT molecular complexity index is 318. The number of nitrogens with zero attached hydrogens (tertiary/aromatic N) is 1. The van der Waals surface area contributed by atoms with Gasteiger partial charge in [-0.05, 0) is 0 Å². The van der Waals surface area contributed by atoms with Gasteiger partial charge in [0, 0.05) is 5.56 Å². The van der Waals surface area contributed by atoms with E-state index in [2.05, 4.69) is 0 Å². The van der Waals surface area contributed by atoms with Crippen molar-refractivity contribution >= 4 is 0 Å². The molecule has 68 valence electrons. The van der Waals surface area contributed by atoms with E-state index >= 15 is 0 Å². The third-order valence-electron chi connectivity index (χ3n) is 1.62. The molecule has 2 nitrogen and oxygen atoms in total. The second-order valence-electron chi connectivity index (χ2n) is 2.52. The Hall–Kier alpha value is -1.47. The minimum absolute atomic E-state index is 0.357. The molecule has 0 fully saturated rings. The Morgan fingerprint density at radius 2 is 1.85 bits per heavy atom. The largest absolute Gasteiger partial charge is 0.373 e. The van der Waals surface area contributed by atoms with Crippen LogP contribution in [0.4, 0.5) is 8.78 Å². The normalized spacial score (nSPS) is 13.4. The Morgan fingerprint density at radius 3 is 2.31 bits per heavy atom. The average molecular weight is 183 g/mol. The molecule has 0 aliphatic heterocycles. The summed E-state index contributed by atoms with van der Waals surface area (Å²) in [5.41, 5.74) is -0.357. The van der Waals surface area contributed by atoms with Crippen LogP contribution in [0.5, 0.6) is 0 Å². The predicted molar refractivity (Wildman–Crippen MR) is 42.0 cm³/mol.